The van der Waals surface area contributed by atoms with Gasteiger partial charge in [0.15, 0.2) is 0 Å². The lowest BCUT2D eigenvalue weighted by molar-refractivity contribution is -0.0584. The maximum Gasteiger partial charge on any atom is 0.411 e. The van der Waals surface area contributed by atoms with E-state index in [1.807, 2.05) is 0 Å². The van der Waals surface area contributed by atoms with Crippen molar-refractivity contribution in [2.45, 2.75) is 18.8 Å². The fraction of sp³-hybridized carbons (Fsp3) is 0.500. The molecule has 2 rings (SSSR count). The number of methoxy groups -OCH3 is 1. The molecule has 0 heterocycles. The first kappa shape index (κ1) is 12.6. The maximum absolute atomic E-state index is 13.8. The van der Waals surface area contributed by atoms with Crippen LogP contribution in [0.3, 0.4) is 0 Å². The zero-order valence-corrected chi connectivity index (χ0v) is 9.93. The summed E-state index contributed by atoms with van der Waals surface area (Å²) < 4.78 is 32.0. The number of amides is 1. The number of alkyl halides is 2. The Hall–Kier alpha value is -1.81. The topological polar surface area (TPSA) is 64.3 Å². The number of fused-ring (bicyclic) bond motifs is 1. The third kappa shape index (κ3) is 1.61. The molecule has 0 aromatic heterocycles. The lowest BCUT2D eigenvalue weighted by Gasteiger charge is -2.35. The molecule has 0 radical (unpaired) electrons. The molecule has 3 N–H and O–H groups in total. The molecule has 2 aliphatic rings. The highest BCUT2D eigenvalue weighted by Gasteiger charge is 2.59. The molecule has 2 atom stereocenters. The molecule has 0 spiro atoms. The van der Waals surface area contributed by atoms with Crippen LogP contribution in [0.2, 0.25) is 0 Å². The molecule has 2 unspecified atom stereocenters. The van der Waals surface area contributed by atoms with E-state index in [0.29, 0.717) is 12.8 Å². The largest absolute Gasteiger partial charge is 0.453 e. The van der Waals surface area contributed by atoms with E-state index in [0.717, 1.165) is 0 Å². The van der Waals surface area contributed by atoms with Gasteiger partial charge < -0.3 is 10.5 Å². The number of halogens is 2. The second kappa shape index (κ2) is 4.14. The van der Waals surface area contributed by atoms with Crippen LogP contribution in [-0.4, -0.2) is 19.1 Å². The minimum Gasteiger partial charge on any atom is -0.453 e. The summed E-state index contributed by atoms with van der Waals surface area (Å²) in [6.07, 6.45) is 0.307. The van der Waals surface area contributed by atoms with Gasteiger partial charge in [0.05, 0.1) is 18.5 Å². The number of nitrogens with two attached hydrogens (primary N) is 1. The number of carbonyl (C=O) groups excluding carboxylic acids is 1. The van der Waals surface area contributed by atoms with Crippen molar-refractivity contribution in [3.63, 3.8) is 0 Å². The quantitative estimate of drug-likeness (QED) is 0.742. The Labute approximate surface area is 103 Å². The van der Waals surface area contributed by atoms with Crippen LogP contribution in [-0.2, 0) is 4.74 Å². The second-order valence-corrected chi connectivity index (χ2v) is 4.41. The standard InChI is InChI=1S/C12H14F2N2O2/c1-3-8(16-11(17)18-2)9-6-4-5-7(6)12(13,14)10(9)15/h6-7H,1,4-5,15H2,2H3,(H,16,17). The number of carbonyl (C=O) groups is 1. The fourth-order valence-corrected chi connectivity index (χ4v) is 2.54. The van der Waals surface area contributed by atoms with Gasteiger partial charge in [-0.25, -0.2) is 4.79 Å². The van der Waals surface area contributed by atoms with Crippen molar-refractivity contribution in [2.24, 2.45) is 17.6 Å². The first-order valence-electron chi connectivity index (χ1n) is 5.56. The summed E-state index contributed by atoms with van der Waals surface area (Å²) in [5, 5.41) is 2.32. The Balaban J connectivity index is 2.34. The maximum atomic E-state index is 13.8. The van der Waals surface area contributed by atoms with Crippen LogP contribution in [0.4, 0.5) is 13.6 Å². The third-order valence-electron chi connectivity index (χ3n) is 3.62. The van der Waals surface area contributed by atoms with Gasteiger partial charge in [-0.2, -0.15) is 8.78 Å². The van der Waals surface area contributed by atoms with Crippen molar-refractivity contribution in [1.29, 1.82) is 0 Å². The summed E-state index contributed by atoms with van der Waals surface area (Å²) >= 11 is 0. The molecule has 0 aliphatic heterocycles. The molecule has 0 aromatic carbocycles. The normalized spacial score (nSPS) is 27.9. The van der Waals surface area contributed by atoms with E-state index in [4.69, 9.17) is 5.73 Å². The van der Waals surface area contributed by atoms with Gasteiger partial charge in [0.2, 0.25) is 0 Å². The first-order valence-corrected chi connectivity index (χ1v) is 5.56. The summed E-state index contributed by atoms with van der Waals surface area (Å²) in [7, 11) is 1.18. The predicted octanol–water partition coefficient (Wildman–Crippen LogP) is 1.90. The number of alkyl carbamates (subject to hydrolysis) is 1. The highest BCUT2D eigenvalue weighted by Crippen LogP contribution is 2.57. The molecule has 0 saturated heterocycles. The number of allylic oxidation sites excluding steroid dienone is 2. The monoisotopic (exact) mass is 256 g/mol. The number of nitrogens with one attached hydrogen (secondary N) is 1. The van der Waals surface area contributed by atoms with Gasteiger partial charge in [0.1, 0.15) is 0 Å². The summed E-state index contributed by atoms with van der Waals surface area (Å²) in [5.74, 6) is -4.12. The van der Waals surface area contributed by atoms with E-state index in [1.165, 1.54) is 7.11 Å². The highest BCUT2D eigenvalue weighted by atomic mass is 19.3. The van der Waals surface area contributed by atoms with Gasteiger partial charge in [0.25, 0.3) is 5.92 Å². The summed E-state index contributed by atoms with van der Waals surface area (Å²) in [6.45, 7) is 3.39. The molecule has 98 valence electrons. The Morgan fingerprint density at radius 3 is 2.67 bits per heavy atom. The predicted molar refractivity (Wildman–Crippen MR) is 60.6 cm³/mol. The van der Waals surface area contributed by atoms with Crippen molar-refractivity contribution < 1.29 is 18.3 Å². The molecule has 2 aliphatic carbocycles. The van der Waals surface area contributed by atoms with Crippen LogP contribution in [0.1, 0.15) is 12.8 Å². The fourth-order valence-electron chi connectivity index (χ4n) is 2.54. The number of hydrogen-bond donors (Lipinski definition) is 2. The van der Waals surface area contributed by atoms with E-state index < -0.39 is 23.6 Å². The Morgan fingerprint density at radius 1 is 1.61 bits per heavy atom. The SMILES string of the molecule is C=C=C(NC(=O)OC)C1=C(N)C(F)(F)C2CCC12. The Bertz CT molecular complexity index is 478. The smallest absolute Gasteiger partial charge is 0.411 e. The van der Waals surface area contributed by atoms with E-state index in [9.17, 15) is 13.6 Å². The molecule has 0 bridgehead atoms. The molecule has 0 aromatic rings. The van der Waals surface area contributed by atoms with Crippen molar-refractivity contribution >= 4 is 6.09 Å². The molecule has 6 heteroatoms. The van der Waals surface area contributed by atoms with E-state index in [2.05, 4.69) is 22.4 Å². The van der Waals surface area contributed by atoms with Gasteiger partial charge in [-0.3, -0.25) is 5.32 Å². The third-order valence-corrected chi connectivity index (χ3v) is 3.62. The molecule has 1 amide bonds. The number of rotatable bonds is 2. The molecular formula is C12H14F2N2O2. The molecule has 4 nitrogen and oxygen atoms in total. The highest BCUT2D eigenvalue weighted by molar-refractivity contribution is 5.71. The van der Waals surface area contributed by atoms with Crippen LogP contribution in [0.15, 0.2) is 29.3 Å². The molecule has 1 fully saturated rings. The van der Waals surface area contributed by atoms with Crippen LogP contribution >= 0.6 is 0 Å². The van der Waals surface area contributed by atoms with Crippen molar-refractivity contribution in [1.82, 2.24) is 5.32 Å². The number of hydrogen-bond acceptors (Lipinski definition) is 3. The lowest BCUT2D eigenvalue weighted by Crippen LogP contribution is -2.37. The lowest BCUT2D eigenvalue weighted by atomic mass is 9.71. The average molecular weight is 256 g/mol. The summed E-state index contributed by atoms with van der Waals surface area (Å²) in [4.78, 5) is 11.1. The summed E-state index contributed by atoms with van der Waals surface area (Å²) in [5.41, 5.74) is 7.81. The van der Waals surface area contributed by atoms with Gasteiger partial charge in [-0.05, 0) is 18.8 Å². The van der Waals surface area contributed by atoms with Crippen LogP contribution in [0, 0.1) is 11.8 Å². The minimum absolute atomic E-state index is 0.0891. The van der Waals surface area contributed by atoms with Crippen molar-refractivity contribution in [2.75, 3.05) is 7.11 Å². The average Bonchev–Trinajstić information content (AvgIpc) is 2.41. The van der Waals surface area contributed by atoms with Gasteiger partial charge in [-0.1, -0.05) is 6.58 Å². The summed E-state index contributed by atoms with van der Waals surface area (Å²) in [6, 6.07) is 0. The first-order chi connectivity index (χ1) is 8.43. The molecular weight excluding hydrogens is 242 g/mol. The Kier molecular flexibility index (Phi) is 2.91. The number of ether oxygens (including phenoxy) is 1. The van der Waals surface area contributed by atoms with Gasteiger partial charge in [-0.15, -0.1) is 5.73 Å². The molecule has 18 heavy (non-hydrogen) atoms. The van der Waals surface area contributed by atoms with Gasteiger partial charge in [0, 0.05) is 11.5 Å². The van der Waals surface area contributed by atoms with E-state index >= 15 is 0 Å². The van der Waals surface area contributed by atoms with Crippen molar-refractivity contribution in [3.8, 4) is 0 Å². The second-order valence-electron chi connectivity index (χ2n) is 4.41. The van der Waals surface area contributed by atoms with Crippen LogP contribution < -0.4 is 11.1 Å². The van der Waals surface area contributed by atoms with Crippen molar-refractivity contribution in [3.05, 3.63) is 29.3 Å². The zero-order chi connectivity index (χ0) is 13.5. The van der Waals surface area contributed by atoms with Gasteiger partial charge >= 0.3 is 6.09 Å². The minimum atomic E-state index is -3.02. The van der Waals surface area contributed by atoms with E-state index in [1.54, 1.807) is 0 Å². The Morgan fingerprint density at radius 2 is 2.28 bits per heavy atom. The van der Waals surface area contributed by atoms with E-state index in [-0.39, 0.29) is 17.2 Å². The van der Waals surface area contributed by atoms with Crippen LogP contribution in [0.5, 0.6) is 0 Å². The zero-order valence-electron chi connectivity index (χ0n) is 9.93. The molecule has 1 saturated carbocycles. The van der Waals surface area contributed by atoms with Crippen LogP contribution in [0.25, 0.3) is 0 Å².